The predicted octanol–water partition coefficient (Wildman–Crippen LogP) is 0.892. The molecule has 1 rings (SSSR count). The molecule has 5 nitrogen and oxygen atoms in total. The maximum atomic E-state index is 10.8. The van der Waals surface area contributed by atoms with Gasteiger partial charge in [0.2, 0.25) is 5.91 Å². The molecule has 0 saturated heterocycles. The fraction of sp³-hybridized carbons (Fsp3) is 0.0909. The van der Waals surface area contributed by atoms with E-state index in [2.05, 4.69) is 0 Å². The molecule has 1 aromatic carbocycles. The molecule has 0 fully saturated rings. The molecule has 0 unspecified atom stereocenters. The second kappa shape index (κ2) is 4.97. The fourth-order valence-corrected chi connectivity index (χ4v) is 1.17. The summed E-state index contributed by atoms with van der Waals surface area (Å²) in [5, 5.41) is 8.83. The van der Waals surface area contributed by atoms with Gasteiger partial charge in [0.15, 0.2) is 0 Å². The second-order valence-corrected chi connectivity index (χ2v) is 3.00. The van der Waals surface area contributed by atoms with E-state index >= 15 is 0 Å². The van der Waals surface area contributed by atoms with Crippen LogP contribution in [-0.2, 0) is 4.79 Å². The van der Waals surface area contributed by atoms with E-state index in [0.717, 1.165) is 0 Å². The number of amides is 1. The van der Waals surface area contributed by atoms with Gasteiger partial charge in [-0.15, -0.1) is 0 Å². The van der Waals surface area contributed by atoms with Crippen LogP contribution in [0, 0.1) is 0 Å². The average Bonchev–Trinajstić information content (AvgIpc) is 2.25. The molecular weight excluding hydrogens is 210 g/mol. The molecule has 0 spiro atoms. The molecule has 84 valence electrons. The summed E-state index contributed by atoms with van der Waals surface area (Å²) in [6, 6.07) is 4.48. The summed E-state index contributed by atoms with van der Waals surface area (Å²) < 4.78 is 4.92. The highest BCUT2D eigenvalue weighted by atomic mass is 16.5. The van der Waals surface area contributed by atoms with Crippen LogP contribution in [0.5, 0.6) is 5.75 Å². The van der Waals surface area contributed by atoms with Gasteiger partial charge in [-0.25, -0.2) is 4.79 Å². The van der Waals surface area contributed by atoms with Crippen LogP contribution in [0.2, 0.25) is 0 Å². The maximum Gasteiger partial charge on any atom is 0.339 e. The predicted molar refractivity (Wildman–Crippen MR) is 58.2 cm³/mol. The van der Waals surface area contributed by atoms with Crippen molar-refractivity contribution in [2.24, 2.45) is 5.73 Å². The van der Waals surface area contributed by atoms with Crippen molar-refractivity contribution >= 4 is 18.0 Å². The Labute approximate surface area is 92.1 Å². The van der Waals surface area contributed by atoms with E-state index in [-0.39, 0.29) is 11.3 Å². The minimum atomic E-state index is -1.07. The number of ether oxygens (including phenoxy) is 1. The first-order chi connectivity index (χ1) is 7.54. The number of primary amides is 1. The van der Waals surface area contributed by atoms with Gasteiger partial charge in [0, 0.05) is 6.08 Å². The van der Waals surface area contributed by atoms with Crippen LogP contribution in [0.15, 0.2) is 24.3 Å². The zero-order valence-corrected chi connectivity index (χ0v) is 8.64. The topological polar surface area (TPSA) is 89.6 Å². The summed E-state index contributed by atoms with van der Waals surface area (Å²) in [4.78, 5) is 21.3. The minimum absolute atomic E-state index is 0.0683. The average molecular weight is 221 g/mol. The lowest BCUT2D eigenvalue weighted by molar-refractivity contribution is -0.113. The number of carbonyl (C=O) groups is 2. The zero-order chi connectivity index (χ0) is 12.1. The molecule has 3 N–H and O–H groups in total. The number of hydrogen-bond acceptors (Lipinski definition) is 3. The number of aromatic carboxylic acids is 1. The van der Waals surface area contributed by atoms with E-state index in [1.54, 1.807) is 6.07 Å². The Morgan fingerprint density at radius 2 is 2.12 bits per heavy atom. The number of nitrogens with two attached hydrogens (primary N) is 1. The first-order valence-electron chi connectivity index (χ1n) is 4.43. The maximum absolute atomic E-state index is 10.8. The van der Waals surface area contributed by atoms with Gasteiger partial charge in [-0.1, -0.05) is 6.07 Å². The summed E-state index contributed by atoms with van der Waals surface area (Å²) >= 11 is 0. The molecule has 0 saturated carbocycles. The van der Waals surface area contributed by atoms with Crippen LogP contribution in [0.1, 0.15) is 15.9 Å². The van der Waals surface area contributed by atoms with Crippen LogP contribution < -0.4 is 10.5 Å². The number of carbonyl (C=O) groups excluding carboxylic acids is 1. The van der Waals surface area contributed by atoms with Crippen LogP contribution in [0.3, 0.4) is 0 Å². The number of rotatable bonds is 4. The SMILES string of the molecule is COc1cc(C=CC(N)=O)ccc1C(=O)O. The lowest BCUT2D eigenvalue weighted by Gasteiger charge is -2.05. The number of benzene rings is 1. The van der Waals surface area contributed by atoms with E-state index in [1.807, 2.05) is 0 Å². The first-order valence-corrected chi connectivity index (χ1v) is 4.43. The van der Waals surface area contributed by atoms with Gasteiger partial charge >= 0.3 is 5.97 Å². The summed E-state index contributed by atoms with van der Waals surface area (Å²) in [6.07, 6.45) is 2.67. The Kier molecular flexibility index (Phi) is 3.66. The highest BCUT2D eigenvalue weighted by Gasteiger charge is 2.10. The minimum Gasteiger partial charge on any atom is -0.496 e. The van der Waals surface area contributed by atoms with E-state index in [0.29, 0.717) is 5.56 Å². The molecule has 0 heterocycles. The smallest absolute Gasteiger partial charge is 0.339 e. The first kappa shape index (κ1) is 11.8. The van der Waals surface area contributed by atoms with E-state index in [1.165, 1.54) is 31.4 Å². The lowest BCUT2D eigenvalue weighted by atomic mass is 10.1. The highest BCUT2D eigenvalue weighted by Crippen LogP contribution is 2.20. The van der Waals surface area contributed by atoms with Gasteiger partial charge in [-0.05, 0) is 23.8 Å². The molecule has 5 heteroatoms. The summed E-state index contributed by atoms with van der Waals surface area (Å²) in [6.45, 7) is 0. The quantitative estimate of drug-likeness (QED) is 0.739. The molecule has 1 amide bonds. The number of hydrogen-bond donors (Lipinski definition) is 2. The molecule has 0 atom stereocenters. The number of carboxylic acid groups (broad SMARTS) is 1. The largest absolute Gasteiger partial charge is 0.496 e. The third-order valence-corrected chi connectivity index (χ3v) is 1.90. The zero-order valence-electron chi connectivity index (χ0n) is 8.64. The number of methoxy groups -OCH3 is 1. The Balaban J connectivity index is 3.09. The molecule has 0 aromatic heterocycles. The van der Waals surface area contributed by atoms with E-state index in [4.69, 9.17) is 15.6 Å². The van der Waals surface area contributed by atoms with Crippen LogP contribution >= 0.6 is 0 Å². The van der Waals surface area contributed by atoms with Crippen molar-refractivity contribution in [2.45, 2.75) is 0 Å². The normalized spacial score (nSPS) is 10.3. The van der Waals surface area contributed by atoms with Crippen LogP contribution in [0.4, 0.5) is 0 Å². The lowest BCUT2D eigenvalue weighted by Crippen LogP contribution is -2.05. The van der Waals surface area contributed by atoms with Crippen molar-refractivity contribution in [1.82, 2.24) is 0 Å². The van der Waals surface area contributed by atoms with Gasteiger partial charge < -0.3 is 15.6 Å². The van der Waals surface area contributed by atoms with Crippen molar-refractivity contribution in [2.75, 3.05) is 7.11 Å². The molecule has 0 aliphatic carbocycles. The molecular formula is C11H11NO4. The summed E-state index contributed by atoms with van der Waals surface area (Å²) in [5.41, 5.74) is 5.65. The molecule has 1 aromatic rings. The Hall–Kier alpha value is -2.30. The molecule has 0 bridgehead atoms. The monoisotopic (exact) mass is 221 g/mol. The van der Waals surface area contributed by atoms with E-state index in [9.17, 15) is 9.59 Å². The van der Waals surface area contributed by atoms with E-state index < -0.39 is 11.9 Å². The van der Waals surface area contributed by atoms with Gasteiger partial charge in [0.25, 0.3) is 0 Å². The molecule has 16 heavy (non-hydrogen) atoms. The van der Waals surface area contributed by atoms with Crippen LogP contribution in [-0.4, -0.2) is 24.1 Å². The van der Waals surface area contributed by atoms with Crippen molar-refractivity contribution in [1.29, 1.82) is 0 Å². The van der Waals surface area contributed by atoms with Crippen molar-refractivity contribution < 1.29 is 19.4 Å². The highest BCUT2D eigenvalue weighted by molar-refractivity contribution is 5.92. The number of carboxylic acids is 1. The van der Waals surface area contributed by atoms with Gasteiger partial charge in [0.1, 0.15) is 11.3 Å². The third-order valence-electron chi connectivity index (χ3n) is 1.90. The third kappa shape index (κ3) is 2.84. The standard InChI is InChI=1S/C11H11NO4/c1-16-9-6-7(3-5-10(12)13)2-4-8(9)11(14)15/h2-6H,1H3,(H2,12,13)(H,14,15). The Bertz CT molecular complexity index is 451. The van der Waals surface area contributed by atoms with Crippen molar-refractivity contribution in [3.8, 4) is 5.75 Å². The molecule has 0 aliphatic rings. The van der Waals surface area contributed by atoms with Gasteiger partial charge in [-0.3, -0.25) is 4.79 Å². The molecule has 0 aliphatic heterocycles. The second-order valence-electron chi connectivity index (χ2n) is 3.00. The Morgan fingerprint density at radius 1 is 1.44 bits per heavy atom. The van der Waals surface area contributed by atoms with Crippen molar-refractivity contribution in [3.63, 3.8) is 0 Å². The van der Waals surface area contributed by atoms with Crippen LogP contribution in [0.25, 0.3) is 6.08 Å². The molecule has 0 radical (unpaired) electrons. The van der Waals surface area contributed by atoms with Gasteiger partial charge in [0.05, 0.1) is 7.11 Å². The fourth-order valence-electron chi connectivity index (χ4n) is 1.17. The van der Waals surface area contributed by atoms with Gasteiger partial charge in [-0.2, -0.15) is 0 Å². The summed E-state index contributed by atoms with van der Waals surface area (Å²) in [7, 11) is 1.38. The summed E-state index contributed by atoms with van der Waals surface area (Å²) in [5.74, 6) is -1.40. The Morgan fingerprint density at radius 3 is 2.62 bits per heavy atom. The van der Waals surface area contributed by atoms with Crippen molar-refractivity contribution in [3.05, 3.63) is 35.4 Å².